The van der Waals surface area contributed by atoms with Gasteiger partial charge in [0.15, 0.2) is 0 Å². The summed E-state index contributed by atoms with van der Waals surface area (Å²) in [5.41, 5.74) is 1.36. The molecular weight excluding hydrogens is 247 g/mol. The molecule has 0 saturated carbocycles. The molecule has 19 heavy (non-hydrogen) atoms. The van der Waals surface area contributed by atoms with Gasteiger partial charge in [0, 0.05) is 32.5 Å². The Morgan fingerprint density at radius 3 is 2.32 bits per heavy atom. The maximum Gasteiger partial charge on any atom is 0.302 e. The summed E-state index contributed by atoms with van der Waals surface area (Å²) < 4.78 is 4.91. The van der Waals surface area contributed by atoms with E-state index in [-0.39, 0.29) is 12.4 Å². The van der Waals surface area contributed by atoms with Crippen molar-refractivity contribution in [1.29, 1.82) is 0 Å². The standard InChI is InChI=1S/C12H15BN2O4/c1-7(16)15(8(2)17)12-10(6-19-9(3)18)4-11(13)5-14-12/h4-5H,6,13H2,1-3H3. The van der Waals surface area contributed by atoms with Gasteiger partial charge in [0.1, 0.15) is 20.3 Å². The summed E-state index contributed by atoms with van der Waals surface area (Å²) in [4.78, 5) is 38.9. The van der Waals surface area contributed by atoms with Crippen molar-refractivity contribution < 1.29 is 19.1 Å². The lowest BCUT2D eigenvalue weighted by Gasteiger charge is -2.19. The second kappa shape index (κ2) is 6.13. The van der Waals surface area contributed by atoms with Gasteiger partial charge in [0.25, 0.3) is 0 Å². The maximum absolute atomic E-state index is 11.5. The van der Waals surface area contributed by atoms with Crippen LogP contribution in [0.4, 0.5) is 5.82 Å². The summed E-state index contributed by atoms with van der Waals surface area (Å²) >= 11 is 0. The molecule has 0 saturated heterocycles. The van der Waals surface area contributed by atoms with Crippen molar-refractivity contribution in [1.82, 2.24) is 4.98 Å². The van der Waals surface area contributed by atoms with Crippen LogP contribution in [0.3, 0.4) is 0 Å². The average Bonchev–Trinajstić information content (AvgIpc) is 2.28. The molecule has 0 aromatic carbocycles. The summed E-state index contributed by atoms with van der Waals surface area (Å²) in [6.07, 6.45) is 1.55. The molecule has 0 spiro atoms. The second-order valence-electron chi connectivity index (χ2n) is 4.15. The van der Waals surface area contributed by atoms with E-state index >= 15 is 0 Å². The molecule has 0 aliphatic heterocycles. The van der Waals surface area contributed by atoms with Crippen molar-refractivity contribution in [2.45, 2.75) is 27.4 Å². The summed E-state index contributed by atoms with van der Waals surface area (Å²) in [5.74, 6) is -1.11. The number of pyridine rings is 1. The predicted octanol–water partition coefficient (Wildman–Crippen LogP) is -0.697. The van der Waals surface area contributed by atoms with Crippen LogP contribution in [-0.2, 0) is 25.7 Å². The number of hydrogen-bond donors (Lipinski definition) is 0. The molecule has 0 N–H and O–H groups in total. The van der Waals surface area contributed by atoms with Gasteiger partial charge in [-0.15, -0.1) is 0 Å². The number of ether oxygens (including phenoxy) is 1. The molecule has 0 atom stereocenters. The average molecular weight is 262 g/mol. The Balaban J connectivity index is 3.21. The van der Waals surface area contributed by atoms with Crippen LogP contribution < -0.4 is 10.4 Å². The van der Waals surface area contributed by atoms with E-state index in [0.29, 0.717) is 5.56 Å². The molecule has 0 bridgehead atoms. The van der Waals surface area contributed by atoms with E-state index in [1.165, 1.54) is 20.8 Å². The highest BCUT2D eigenvalue weighted by molar-refractivity contribution is 6.32. The molecule has 1 aromatic heterocycles. The van der Waals surface area contributed by atoms with Crippen molar-refractivity contribution in [2.24, 2.45) is 0 Å². The van der Waals surface area contributed by atoms with Crippen LogP contribution in [-0.4, -0.2) is 30.6 Å². The van der Waals surface area contributed by atoms with E-state index in [9.17, 15) is 14.4 Å². The van der Waals surface area contributed by atoms with Crippen molar-refractivity contribution in [3.63, 3.8) is 0 Å². The smallest absolute Gasteiger partial charge is 0.302 e. The number of amides is 2. The first-order valence-corrected chi connectivity index (χ1v) is 5.73. The monoisotopic (exact) mass is 262 g/mol. The van der Waals surface area contributed by atoms with Gasteiger partial charge in [-0.2, -0.15) is 0 Å². The number of hydrogen-bond acceptors (Lipinski definition) is 5. The molecule has 0 aliphatic carbocycles. The first-order chi connectivity index (χ1) is 8.82. The minimum absolute atomic E-state index is 0.0313. The zero-order valence-electron chi connectivity index (χ0n) is 11.4. The van der Waals surface area contributed by atoms with Gasteiger partial charge in [-0.25, -0.2) is 9.88 Å². The third kappa shape index (κ3) is 3.91. The minimum Gasteiger partial charge on any atom is -0.461 e. The molecule has 0 unspecified atom stereocenters. The number of esters is 1. The number of carbonyl (C=O) groups is 3. The lowest BCUT2D eigenvalue weighted by atomic mass is 9.97. The summed E-state index contributed by atoms with van der Waals surface area (Å²) in [7, 11) is 1.82. The Hall–Kier alpha value is -2.18. The third-order valence-corrected chi connectivity index (χ3v) is 2.35. The molecule has 0 radical (unpaired) electrons. The van der Waals surface area contributed by atoms with Crippen LogP contribution >= 0.6 is 0 Å². The van der Waals surface area contributed by atoms with Crippen LogP contribution in [0.5, 0.6) is 0 Å². The van der Waals surface area contributed by atoms with E-state index in [1.54, 1.807) is 12.3 Å². The van der Waals surface area contributed by atoms with Crippen LogP contribution in [0.25, 0.3) is 0 Å². The Bertz CT molecular complexity index is 516. The number of rotatable bonds is 3. The van der Waals surface area contributed by atoms with E-state index in [0.717, 1.165) is 10.4 Å². The lowest BCUT2D eigenvalue weighted by Crippen LogP contribution is -2.35. The zero-order chi connectivity index (χ0) is 14.6. The largest absolute Gasteiger partial charge is 0.461 e. The van der Waals surface area contributed by atoms with E-state index in [1.807, 2.05) is 7.85 Å². The van der Waals surface area contributed by atoms with Crippen molar-refractivity contribution in [3.8, 4) is 0 Å². The topological polar surface area (TPSA) is 76.6 Å². The summed E-state index contributed by atoms with van der Waals surface area (Å²) in [6, 6.07) is 1.73. The summed E-state index contributed by atoms with van der Waals surface area (Å²) in [6.45, 7) is 3.81. The lowest BCUT2D eigenvalue weighted by molar-refractivity contribution is -0.142. The number of imide groups is 1. The number of carbonyl (C=O) groups excluding carboxylic acids is 3. The Kier molecular flexibility index (Phi) is 4.80. The number of nitrogens with zero attached hydrogens (tertiary/aromatic N) is 2. The highest BCUT2D eigenvalue weighted by Gasteiger charge is 2.21. The molecule has 0 aliphatic rings. The van der Waals surface area contributed by atoms with Gasteiger partial charge in [0.2, 0.25) is 11.8 Å². The van der Waals surface area contributed by atoms with Crippen LogP contribution in [0.1, 0.15) is 26.3 Å². The molecule has 6 nitrogen and oxygen atoms in total. The quantitative estimate of drug-likeness (QED) is 0.532. The van der Waals surface area contributed by atoms with E-state index < -0.39 is 17.8 Å². The minimum atomic E-state index is -0.440. The van der Waals surface area contributed by atoms with Crippen molar-refractivity contribution in [2.75, 3.05) is 4.90 Å². The van der Waals surface area contributed by atoms with Gasteiger partial charge >= 0.3 is 5.97 Å². The molecule has 1 rings (SSSR count). The normalized spacial score (nSPS) is 9.84. The molecule has 7 heteroatoms. The SMILES string of the molecule is Bc1cnc(N(C(C)=O)C(C)=O)c(COC(C)=O)c1. The van der Waals surface area contributed by atoms with Crippen molar-refractivity contribution >= 4 is 36.9 Å². The fourth-order valence-electron chi connectivity index (χ4n) is 1.63. The fraction of sp³-hybridized carbons (Fsp3) is 0.333. The third-order valence-electron chi connectivity index (χ3n) is 2.35. The fourth-order valence-corrected chi connectivity index (χ4v) is 1.63. The molecule has 1 heterocycles. The second-order valence-corrected chi connectivity index (χ2v) is 4.15. The van der Waals surface area contributed by atoms with Crippen LogP contribution in [0, 0.1) is 0 Å². The first kappa shape index (κ1) is 14.9. The molecule has 1 aromatic rings. The number of aromatic nitrogens is 1. The van der Waals surface area contributed by atoms with Gasteiger partial charge < -0.3 is 4.74 Å². The van der Waals surface area contributed by atoms with Crippen molar-refractivity contribution in [3.05, 3.63) is 17.8 Å². The Labute approximate surface area is 112 Å². The molecule has 100 valence electrons. The summed E-state index contributed by atoms with van der Waals surface area (Å²) in [5, 5.41) is 0. The Morgan fingerprint density at radius 2 is 1.84 bits per heavy atom. The predicted molar refractivity (Wildman–Crippen MR) is 71.7 cm³/mol. The van der Waals surface area contributed by atoms with Gasteiger partial charge in [-0.1, -0.05) is 11.5 Å². The zero-order valence-corrected chi connectivity index (χ0v) is 11.4. The maximum atomic E-state index is 11.5. The Morgan fingerprint density at radius 1 is 1.26 bits per heavy atom. The van der Waals surface area contributed by atoms with E-state index in [2.05, 4.69) is 4.98 Å². The van der Waals surface area contributed by atoms with Gasteiger partial charge in [0.05, 0.1) is 0 Å². The highest BCUT2D eigenvalue weighted by Crippen LogP contribution is 2.18. The number of anilines is 1. The molecule has 0 fully saturated rings. The van der Waals surface area contributed by atoms with Gasteiger partial charge in [-0.05, 0) is 0 Å². The van der Waals surface area contributed by atoms with Gasteiger partial charge in [-0.3, -0.25) is 14.4 Å². The molecular formula is C12H15BN2O4. The van der Waals surface area contributed by atoms with Crippen LogP contribution in [0.2, 0.25) is 0 Å². The van der Waals surface area contributed by atoms with Crippen LogP contribution in [0.15, 0.2) is 12.3 Å². The molecule has 2 amide bonds. The first-order valence-electron chi connectivity index (χ1n) is 5.73. The van der Waals surface area contributed by atoms with E-state index in [4.69, 9.17) is 4.74 Å². The highest BCUT2D eigenvalue weighted by atomic mass is 16.5.